The molecule has 0 aromatic carbocycles. The average molecular weight is 192 g/mol. The Balaban J connectivity index is 2.12. The molecule has 1 aromatic rings. The largest absolute Gasteiger partial charge is 0.489 e. The zero-order valence-electron chi connectivity index (χ0n) is 7.99. The number of aromatic nitrogens is 1. The molecule has 1 aliphatic carbocycles. The van der Waals surface area contributed by atoms with Crippen molar-refractivity contribution in [1.82, 2.24) is 10.3 Å². The lowest BCUT2D eigenvalue weighted by Gasteiger charge is -2.04. The molecule has 14 heavy (non-hydrogen) atoms. The Bertz CT molecular complexity index is 348. The molecule has 1 aliphatic rings. The highest BCUT2D eigenvalue weighted by molar-refractivity contribution is 5.93. The highest BCUT2D eigenvalue weighted by Gasteiger charge is 2.23. The van der Waals surface area contributed by atoms with Crippen LogP contribution in [-0.4, -0.2) is 24.0 Å². The van der Waals surface area contributed by atoms with Crippen LogP contribution >= 0.6 is 0 Å². The van der Waals surface area contributed by atoms with E-state index >= 15 is 0 Å². The normalized spacial score (nSPS) is 14.9. The number of ether oxygens (including phenoxy) is 1. The fraction of sp³-hybridized carbons (Fsp3) is 0.400. The van der Waals surface area contributed by atoms with Gasteiger partial charge in [0.05, 0.1) is 17.9 Å². The van der Waals surface area contributed by atoms with E-state index in [0.29, 0.717) is 17.4 Å². The lowest BCUT2D eigenvalue weighted by atomic mass is 10.2. The van der Waals surface area contributed by atoms with Gasteiger partial charge in [-0.25, -0.2) is 0 Å². The number of hydrogen-bond donors (Lipinski definition) is 1. The molecule has 0 unspecified atom stereocenters. The van der Waals surface area contributed by atoms with E-state index in [4.69, 9.17) is 4.74 Å². The first-order valence-corrected chi connectivity index (χ1v) is 4.63. The minimum atomic E-state index is -0.140. The smallest absolute Gasteiger partial charge is 0.252 e. The first kappa shape index (κ1) is 8.99. The van der Waals surface area contributed by atoms with Gasteiger partial charge in [-0.1, -0.05) is 0 Å². The lowest BCUT2D eigenvalue weighted by Crippen LogP contribution is -2.18. The van der Waals surface area contributed by atoms with Crippen molar-refractivity contribution >= 4 is 5.91 Å². The maximum absolute atomic E-state index is 11.3. The van der Waals surface area contributed by atoms with Crippen molar-refractivity contribution in [2.24, 2.45) is 0 Å². The van der Waals surface area contributed by atoms with Gasteiger partial charge in [-0.15, -0.1) is 0 Å². The molecule has 2 rings (SSSR count). The maximum atomic E-state index is 11.3. The molecule has 0 radical (unpaired) electrons. The van der Waals surface area contributed by atoms with Crippen LogP contribution < -0.4 is 10.1 Å². The fourth-order valence-corrected chi connectivity index (χ4v) is 1.13. The highest BCUT2D eigenvalue weighted by Crippen LogP contribution is 2.26. The Morgan fingerprint density at radius 2 is 2.36 bits per heavy atom. The number of hydrogen-bond acceptors (Lipinski definition) is 3. The van der Waals surface area contributed by atoms with Crippen LogP contribution in [0.25, 0.3) is 0 Å². The van der Waals surface area contributed by atoms with E-state index in [0.717, 1.165) is 12.8 Å². The molecule has 0 aliphatic heterocycles. The van der Waals surface area contributed by atoms with Gasteiger partial charge in [0.1, 0.15) is 5.75 Å². The summed E-state index contributed by atoms with van der Waals surface area (Å²) in [7, 11) is 1.59. The van der Waals surface area contributed by atoms with Gasteiger partial charge in [-0.2, -0.15) is 0 Å². The molecule has 74 valence electrons. The van der Waals surface area contributed by atoms with Crippen molar-refractivity contribution in [3.8, 4) is 5.75 Å². The van der Waals surface area contributed by atoms with E-state index < -0.39 is 0 Å². The summed E-state index contributed by atoms with van der Waals surface area (Å²) in [5.74, 6) is 0.535. The summed E-state index contributed by atoms with van der Waals surface area (Å²) in [6.07, 6.45) is 5.69. The Hall–Kier alpha value is -1.58. The van der Waals surface area contributed by atoms with E-state index in [9.17, 15) is 4.79 Å². The molecule has 1 N–H and O–H groups in total. The minimum absolute atomic E-state index is 0.140. The van der Waals surface area contributed by atoms with Gasteiger partial charge in [0.25, 0.3) is 5.91 Å². The van der Waals surface area contributed by atoms with Crippen LogP contribution in [0.1, 0.15) is 23.2 Å². The van der Waals surface area contributed by atoms with Crippen LogP contribution in [0.5, 0.6) is 5.75 Å². The van der Waals surface area contributed by atoms with E-state index in [1.54, 1.807) is 19.3 Å². The second-order valence-electron chi connectivity index (χ2n) is 3.31. The van der Waals surface area contributed by atoms with Crippen molar-refractivity contribution in [1.29, 1.82) is 0 Å². The van der Waals surface area contributed by atoms with Gasteiger partial charge in [-0.3, -0.25) is 9.78 Å². The SMILES string of the molecule is CNC(=O)c1cncc(OC2CC2)c1. The summed E-state index contributed by atoms with van der Waals surface area (Å²) in [6, 6.07) is 1.71. The molecule has 1 aromatic heterocycles. The predicted octanol–water partition coefficient (Wildman–Crippen LogP) is 0.982. The van der Waals surface area contributed by atoms with Crippen LogP contribution in [0.4, 0.5) is 0 Å². The molecule has 1 fully saturated rings. The lowest BCUT2D eigenvalue weighted by molar-refractivity contribution is 0.0962. The highest BCUT2D eigenvalue weighted by atomic mass is 16.5. The maximum Gasteiger partial charge on any atom is 0.252 e. The standard InChI is InChI=1S/C10H12N2O2/c1-11-10(13)7-4-9(6-12-5-7)14-8-2-3-8/h4-6,8H,2-3H2,1H3,(H,11,13). The van der Waals surface area contributed by atoms with Crippen molar-refractivity contribution in [2.75, 3.05) is 7.05 Å². The number of nitrogens with one attached hydrogen (secondary N) is 1. The topological polar surface area (TPSA) is 51.2 Å². The number of carbonyl (C=O) groups excluding carboxylic acids is 1. The van der Waals surface area contributed by atoms with Gasteiger partial charge in [-0.05, 0) is 18.9 Å². The monoisotopic (exact) mass is 192 g/mol. The second-order valence-corrected chi connectivity index (χ2v) is 3.31. The summed E-state index contributed by atoms with van der Waals surface area (Å²) in [6.45, 7) is 0. The van der Waals surface area contributed by atoms with E-state index in [-0.39, 0.29) is 5.91 Å². The second kappa shape index (κ2) is 3.65. The molecule has 0 spiro atoms. The molecule has 1 amide bonds. The number of nitrogens with zero attached hydrogens (tertiary/aromatic N) is 1. The molecule has 1 saturated carbocycles. The quantitative estimate of drug-likeness (QED) is 0.776. The van der Waals surface area contributed by atoms with Crippen molar-refractivity contribution in [3.05, 3.63) is 24.0 Å². The zero-order valence-corrected chi connectivity index (χ0v) is 7.99. The Labute approximate surface area is 82.3 Å². The van der Waals surface area contributed by atoms with E-state index in [2.05, 4.69) is 10.3 Å². The number of amides is 1. The number of pyridine rings is 1. The molecular formula is C10H12N2O2. The molecule has 0 saturated heterocycles. The fourth-order valence-electron chi connectivity index (χ4n) is 1.13. The van der Waals surface area contributed by atoms with Crippen LogP contribution in [0.2, 0.25) is 0 Å². The first-order valence-electron chi connectivity index (χ1n) is 4.63. The molecule has 0 atom stereocenters. The van der Waals surface area contributed by atoms with Crippen LogP contribution in [0.15, 0.2) is 18.5 Å². The Morgan fingerprint density at radius 1 is 1.57 bits per heavy atom. The first-order chi connectivity index (χ1) is 6.79. The van der Waals surface area contributed by atoms with Gasteiger partial charge in [0.2, 0.25) is 0 Å². The summed E-state index contributed by atoms with van der Waals surface area (Å²) >= 11 is 0. The minimum Gasteiger partial charge on any atom is -0.489 e. The van der Waals surface area contributed by atoms with Gasteiger partial charge >= 0.3 is 0 Å². The van der Waals surface area contributed by atoms with Crippen LogP contribution in [-0.2, 0) is 0 Å². The zero-order chi connectivity index (χ0) is 9.97. The number of carbonyl (C=O) groups is 1. The average Bonchev–Trinajstić information content (AvgIpc) is 3.01. The number of rotatable bonds is 3. The third kappa shape index (κ3) is 2.02. The summed E-state index contributed by atoms with van der Waals surface area (Å²) in [4.78, 5) is 15.2. The molecule has 4 nitrogen and oxygen atoms in total. The Kier molecular flexibility index (Phi) is 2.35. The third-order valence-corrected chi connectivity index (χ3v) is 2.03. The summed E-state index contributed by atoms with van der Waals surface area (Å²) in [5, 5.41) is 2.54. The van der Waals surface area contributed by atoms with E-state index in [1.807, 2.05) is 0 Å². The van der Waals surface area contributed by atoms with Crippen molar-refractivity contribution in [3.63, 3.8) is 0 Å². The van der Waals surface area contributed by atoms with Crippen LogP contribution in [0, 0.1) is 0 Å². The Morgan fingerprint density at radius 3 is 3.00 bits per heavy atom. The predicted molar refractivity (Wildman–Crippen MR) is 51.3 cm³/mol. The molecule has 4 heteroatoms. The van der Waals surface area contributed by atoms with Gasteiger partial charge < -0.3 is 10.1 Å². The summed E-state index contributed by atoms with van der Waals surface area (Å²) in [5.41, 5.74) is 0.533. The molecule has 0 bridgehead atoms. The van der Waals surface area contributed by atoms with Crippen molar-refractivity contribution < 1.29 is 9.53 Å². The molecule has 1 heterocycles. The van der Waals surface area contributed by atoms with Crippen LogP contribution in [0.3, 0.4) is 0 Å². The molecular weight excluding hydrogens is 180 g/mol. The third-order valence-electron chi connectivity index (χ3n) is 2.03. The van der Waals surface area contributed by atoms with Gasteiger partial charge in [0.15, 0.2) is 0 Å². The van der Waals surface area contributed by atoms with Crippen molar-refractivity contribution in [2.45, 2.75) is 18.9 Å². The van der Waals surface area contributed by atoms with Gasteiger partial charge in [0, 0.05) is 13.2 Å². The van der Waals surface area contributed by atoms with E-state index in [1.165, 1.54) is 6.20 Å². The summed E-state index contributed by atoms with van der Waals surface area (Å²) < 4.78 is 5.52.